The first-order chi connectivity index (χ1) is 18.4. The normalized spacial score (nSPS) is 15.4. The number of carbonyl (C=O) groups is 1. The molecule has 0 amide bonds. The number of thiazole rings is 1. The van der Waals surface area contributed by atoms with E-state index >= 15 is 0 Å². The van der Waals surface area contributed by atoms with Gasteiger partial charge in [-0.2, -0.15) is 0 Å². The van der Waals surface area contributed by atoms with Crippen molar-refractivity contribution in [3.05, 3.63) is 107 Å². The Balaban J connectivity index is 1.61. The molecule has 5 rings (SSSR count). The fourth-order valence-corrected chi connectivity index (χ4v) is 6.91. The van der Waals surface area contributed by atoms with Gasteiger partial charge in [-0.15, -0.1) is 11.8 Å². The molecule has 0 unspecified atom stereocenters. The number of esters is 1. The van der Waals surface area contributed by atoms with Crippen molar-refractivity contribution in [2.24, 2.45) is 4.99 Å². The van der Waals surface area contributed by atoms with Gasteiger partial charge in [0.1, 0.15) is 5.76 Å². The van der Waals surface area contributed by atoms with Gasteiger partial charge in [-0.3, -0.25) is 9.36 Å². The smallest absolute Gasteiger partial charge is 0.338 e. The van der Waals surface area contributed by atoms with E-state index in [1.807, 2.05) is 66.9 Å². The number of benzene rings is 2. The maximum atomic E-state index is 13.8. The molecule has 0 radical (unpaired) electrons. The van der Waals surface area contributed by atoms with Crippen LogP contribution in [0.5, 0.6) is 0 Å². The Labute approximate surface area is 240 Å². The summed E-state index contributed by atoms with van der Waals surface area (Å²) in [4.78, 5) is 34.1. The zero-order chi connectivity index (χ0) is 26.8. The van der Waals surface area contributed by atoms with Gasteiger partial charge in [0.2, 0.25) is 0 Å². The summed E-state index contributed by atoms with van der Waals surface area (Å²) in [5, 5.41) is 0.697. The third-order valence-electron chi connectivity index (χ3n) is 5.85. The topological polar surface area (TPSA) is 73.8 Å². The van der Waals surface area contributed by atoms with Crippen LogP contribution in [0.2, 0.25) is 0 Å². The van der Waals surface area contributed by atoms with Crippen LogP contribution in [0.1, 0.15) is 31.2 Å². The van der Waals surface area contributed by atoms with E-state index in [1.165, 1.54) is 23.1 Å². The molecule has 1 aliphatic heterocycles. The highest BCUT2D eigenvalue weighted by Gasteiger charge is 2.33. The third-order valence-corrected chi connectivity index (χ3v) is 9.42. The molecule has 4 aromatic rings. The minimum Gasteiger partial charge on any atom is -0.463 e. The van der Waals surface area contributed by atoms with Gasteiger partial charge in [-0.05, 0) is 71.9 Å². The lowest BCUT2D eigenvalue weighted by Gasteiger charge is -2.24. The number of halogens is 1. The highest BCUT2D eigenvalue weighted by Crippen LogP contribution is 2.36. The molecule has 1 aliphatic rings. The van der Waals surface area contributed by atoms with Gasteiger partial charge in [-0.25, -0.2) is 9.79 Å². The molecular formula is C28H23BrN2O4S3. The van der Waals surface area contributed by atoms with Crippen molar-refractivity contribution in [3.63, 3.8) is 0 Å². The second kappa shape index (κ2) is 11.5. The summed E-state index contributed by atoms with van der Waals surface area (Å²) < 4.78 is 14.3. The molecule has 1 atom stereocenters. The summed E-state index contributed by atoms with van der Waals surface area (Å²) in [5.74, 6) is 0.0716. The van der Waals surface area contributed by atoms with E-state index in [-0.39, 0.29) is 12.2 Å². The summed E-state index contributed by atoms with van der Waals surface area (Å²) in [6, 6.07) is 19.0. The van der Waals surface area contributed by atoms with Crippen LogP contribution < -0.4 is 14.9 Å². The largest absolute Gasteiger partial charge is 0.463 e. The van der Waals surface area contributed by atoms with E-state index in [1.54, 1.807) is 36.3 Å². The number of ether oxygens (including phenoxy) is 1. The molecule has 0 bridgehead atoms. The van der Waals surface area contributed by atoms with Crippen LogP contribution in [-0.4, -0.2) is 23.4 Å². The van der Waals surface area contributed by atoms with Crippen molar-refractivity contribution < 1.29 is 13.9 Å². The number of hydrogen-bond acceptors (Lipinski definition) is 8. The van der Waals surface area contributed by atoms with Crippen LogP contribution in [0.15, 0.2) is 105 Å². The van der Waals surface area contributed by atoms with Gasteiger partial charge in [0.05, 0.1) is 32.9 Å². The van der Waals surface area contributed by atoms with E-state index in [2.05, 4.69) is 20.9 Å². The fraction of sp³-hybridized carbons (Fsp3) is 0.179. The summed E-state index contributed by atoms with van der Waals surface area (Å²) >= 11 is 7.96. The van der Waals surface area contributed by atoms with Crippen molar-refractivity contribution in [1.82, 2.24) is 4.57 Å². The molecule has 0 aliphatic carbocycles. The van der Waals surface area contributed by atoms with E-state index in [4.69, 9.17) is 9.15 Å². The molecular weight excluding hydrogens is 604 g/mol. The van der Waals surface area contributed by atoms with E-state index in [9.17, 15) is 9.59 Å². The first-order valence-corrected chi connectivity index (χ1v) is 15.4. The van der Waals surface area contributed by atoms with Crippen LogP contribution in [0, 0.1) is 0 Å². The second-order valence-electron chi connectivity index (χ2n) is 8.27. The lowest BCUT2D eigenvalue weighted by atomic mass is 9.96. The Hall–Kier alpha value is -2.79. The number of fused-ring (bicyclic) bond motifs is 1. The third kappa shape index (κ3) is 5.36. The molecule has 3 heterocycles. The number of allylic oxidation sites excluding steroid dienone is 1. The Morgan fingerprint density at radius 2 is 1.92 bits per heavy atom. The van der Waals surface area contributed by atoms with Crippen molar-refractivity contribution in [1.29, 1.82) is 0 Å². The average Bonchev–Trinajstić information content (AvgIpc) is 3.41. The van der Waals surface area contributed by atoms with Crippen LogP contribution in [0.4, 0.5) is 0 Å². The van der Waals surface area contributed by atoms with Crippen molar-refractivity contribution >= 4 is 62.8 Å². The predicted octanol–water partition coefficient (Wildman–Crippen LogP) is 6.03. The SMILES string of the molecule is CCOC(=O)C1=C(C)N=c2s/c(=C/c3cc(Br)c(Sc4ccccc4)o3)c(=O)n2[C@@H]1c1ccc(SC)cc1. The predicted molar refractivity (Wildman–Crippen MR) is 156 cm³/mol. The van der Waals surface area contributed by atoms with Crippen LogP contribution in [0.3, 0.4) is 0 Å². The number of furan rings is 1. The van der Waals surface area contributed by atoms with Crippen molar-refractivity contribution in [2.75, 3.05) is 12.9 Å². The number of carbonyl (C=O) groups excluding carboxylic acids is 1. The van der Waals surface area contributed by atoms with Crippen molar-refractivity contribution in [3.8, 4) is 0 Å². The zero-order valence-electron chi connectivity index (χ0n) is 20.8. The molecule has 0 fully saturated rings. The quantitative estimate of drug-likeness (QED) is 0.184. The molecule has 0 saturated heterocycles. The van der Waals surface area contributed by atoms with Gasteiger partial charge in [0, 0.05) is 15.9 Å². The van der Waals surface area contributed by atoms with Gasteiger partial charge < -0.3 is 9.15 Å². The van der Waals surface area contributed by atoms with Crippen LogP contribution >= 0.6 is 50.8 Å². The lowest BCUT2D eigenvalue weighted by molar-refractivity contribution is -0.139. The number of hydrogen-bond donors (Lipinski definition) is 0. The summed E-state index contributed by atoms with van der Waals surface area (Å²) in [6.45, 7) is 3.77. The highest BCUT2D eigenvalue weighted by molar-refractivity contribution is 9.10. The standard InChI is InChI=1S/C28H23BrN2O4S3/c1-4-34-26(33)23-16(2)30-28-31(24(23)17-10-12-19(36-3)13-11-17)25(32)22(38-28)15-18-14-21(29)27(35-18)37-20-8-6-5-7-9-20/h5-15,24H,4H2,1-3H3/b22-15+/t24-/m1/s1. The minimum atomic E-state index is -0.643. The maximum absolute atomic E-state index is 13.8. The Bertz CT molecular complexity index is 1700. The summed E-state index contributed by atoms with van der Waals surface area (Å²) in [7, 11) is 0. The Morgan fingerprint density at radius 3 is 2.61 bits per heavy atom. The van der Waals surface area contributed by atoms with Crippen molar-refractivity contribution in [2.45, 2.75) is 34.8 Å². The average molecular weight is 628 g/mol. The number of nitrogens with zero attached hydrogens (tertiary/aromatic N) is 2. The van der Waals surface area contributed by atoms with Gasteiger partial charge in [0.15, 0.2) is 9.89 Å². The summed E-state index contributed by atoms with van der Waals surface area (Å²) in [5.41, 5.74) is 1.48. The first-order valence-electron chi connectivity index (χ1n) is 11.8. The van der Waals surface area contributed by atoms with Gasteiger partial charge in [0.25, 0.3) is 5.56 Å². The van der Waals surface area contributed by atoms with E-state index in [0.717, 1.165) is 19.8 Å². The second-order valence-corrected chi connectivity index (χ2v) is 12.1. The molecule has 0 spiro atoms. The van der Waals surface area contributed by atoms with E-state index in [0.29, 0.717) is 31.5 Å². The number of rotatable bonds is 7. The monoisotopic (exact) mass is 626 g/mol. The molecule has 10 heteroatoms. The highest BCUT2D eigenvalue weighted by atomic mass is 79.9. The Morgan fingerprint density at radius 1 is 1.18 bits per heavy atom. The van der Waals surface area contributed by atoms with Crippen LogP contribution in [-0.2, 0) is 9.53 Å². The molecule has 0 saturated carbocycles. The molecule has 2 aromatic heterocycles. The minimum absolute atomic E-state index is 0.231. The summed E-state index contributed by atoms with van der Waals surface area (Å²) in [6.07, 6.45) is 3.73. The fourth-order valence-electron chi connectivity index (χ4n) is 4.13. The first kappa shape index (κ1) is 26.8. The number of aromatic nitrogens is 1. The Kier molecular flexibility index (Phi) is 8.13. The van der Waals surface area contributed by atoms with Gasteiger partial charge >= 0.3 is 5.97 Å². The van der Waals surface area contributed by atoms with Gasteiger partial charge in [-0.1, -0.05) is 53.4 Å². The molecule has 38 heavy (non-hydrogen) atoms. The maximum Gasteiger partial charge on any atom is 0.338 e. The van der Waals surface area contributed by atoms with Crippen LogP contribution in [0.25, 0.3) is 6.08 Å². The number of thioether (sulfide) groups is 1. The molecule has 2 aromatic carbocycles. The lowest BCUT2D eigenvalue weighted by Crippen LogP contribution is -2.39. The molecule has 6 nitrogen and oxygen atoms in total. The molecule has 194 valence electrons. The molecule has 0 N–H and O–H groups in total. The zero-order valence-corrected chi connectivity index (χ0v) is 24.8. The van der Waals surface area contributed by atoms with E-state index < -0.39 is 12.0 Å².